The number of hydrogen-bond donors (Lipinski definition) is 2. The van der Waals surface area contributed by atoms with Crippen LogP contribution in [0.15, 0.2) is 48.5 Å². The Balaban J connectivity index is 2.25. The van der Waals surface area contributed by atoms with Crippen LogP contribution in [0.1, 0.15) is 24.0 Å². The second kappa shape index (κ2) is 5.27. The zero-order chi connectivity index (χ0) is 14.0. The first-order valence-corrected chi connectivity index (χ1v) is 6.90. The van der Waals surface area contributed by atoms with E-state index in [2.05, 4.69) is 0 Å². The van der Waals surface area contributed by atoms with E-state index in [0.717, 1.165) is 22.6 Å². The lowest BCUT2D eigenvalue weighted by Gasteiger charge is -2.39. The van der Waals surface area contributed by atoms with E-state index in [1.54, 1.807) is 0 Å². The fourth-order valence-electron chi connectivity index (χ4n) is 3.21. The lowest BCUT2D eigenvalue weighted by atomic mass is 9.68. The van der Waals surface area contributed by atoms with Crippen LogP contribution in [-0.4, -0.2) is 23.4 Å². The minimum atomic E-state index is -0.380. The fourth-order valence-corrected chi connectivity index (χ4v) is 3.21. The molecular weight excluding hydrogens is 252 g/mol. The van der Waals surface area contributed by atoms with E-state index in [4.69, 9.17) is 4.74 Å². The average molecular weight is 270 g/mol. The van der Waals surface area contributed by atoms with Crippen molar-refractivity contribution < 1.29 is 14.9 Å². The lowest BCUT2D eigenvalue weighted by molar-refractivity contribution is 0.202. The van der Waals surface area contributed by atoms with Crippen molar-refractivity contribution in [2.45, 2.75) is 18.3 Å². The summed E-state index contributed by atoms with van der Waals surface area (Å²) >= 11 is 0. The zero-order valence-electron chi connectivity index (χ0n) is 11.2. The maximum absolute atomic E-state index is 9.54. The van der Waals surface area contributed by atoms with Crippen molar-refractivity contribution in [3.05, 3.63) is 59.7 Å². The van der Waals surface area contributed by atoms with E-state index in [9.17, 15) is 10.2 Å². The molecule has 3 heteroatoms. The molecule has 1 aliphatic heterocycles. The molecule has 0 atom stereocenters. The quantitative estimate of drug-likeness (QED) is 0.898. The maximum Gasteiger partial charge on any atom is 0.131 e. The van der Waals surface area contributed by atoms with Crippen LogP contribution in [0, 0.1) is 0 Å². The van der Waals surface area contributed by atoms with Crippen LogP contribution in [0.3, 0.4) is 0 Å². The second-order valence-corrected chi connectivity index (χ2v) is 5.12. The van der Waals surface area contributed by atoms with Gasteiger partial charge in [-0.25, -0.2) is 0 Å². The molecular formula is C17H18O3. The van der Waals surface area contributed by atoms with Gasteiger partial charge < -0.3 is 14.9 Å². The van der Waals surface area contributed by atoms with Crippen LogP contribution in [0.25, 0.3) is 0 Å². The van der Waals surface area contributed by atoms with E-state index < -0.39 is 0 Å². The number of benzene rings is 2. The van der Waals surface area contributed by atoms with Gasteiger partial charge in [-0.3, -0.25) is 0 Å². The number of hydrogen-bond acceptors (Lipinski definition) is 3. The van der Waals surface area contributed by atoms with Gasteiger partial charge in [0.25, 0.3) is 0 Å². The summed E-state index contributed by atoms with van der Waals surface area (Å²) in [5, 5.41) is 19.1. The molecule has 0 aliphatic carbocycles. The van der Waals surface area contributed by atoms with Crippen LogP contribution in [0.5, 0.6) is 11.5 Å². The summed E-state index contributed by atoms with van der Waals surface area (Å²) in [7, 11) is 0. The number of para-hydroxylation sites is 2. The Bertz CT molecular complexity index is 553. The molecule has 0 bridgehead atoms. The third kappa shape index (κ3) is 1.90. The third-order valence-corrected chi connectivity index (χ3v) is 4.10. The molecule has 20 heavy (non-hydrogen) atoms. The normalized spacial score (nSPS) is 15.1. The molecule has 1 aliphatic rings. The molecule has 104 valence electrons. The third-order valence-electron chi connectivity index (χ3n) is 4.10. The summed E-state index contributed by atoms with van der Waals surface area (Å²) in [6.07, 6.45) is 1.15. The minimum Gasteiger partial charge on any atom is -0.457 e. The summed E-state index contributed by atoms with van der Waals surface area (Å²) in [6.45, 7) is 0.144. The van der Waals surface area contributed by atoms with Gasteiger partial charge in [-0.15, -0.1) is 0 Å². The van der Waals surface area contributed by atoms with E-state index >= 15 is 0 Å². The van der Waals surface area contributed by atoms with Crippen molar-refractivity contribution in [2.24, 2.45) is 0 Å². The zero-order valence-corrected chi connectivity index (χ0v) is 11.2. The molecule has 2 N–H and O–H groups in total. The summed E-state index contributed by atoms with van der Waals surface area (Å²) in [5.41, 5.74) is 1.71. The Morgan fingerprint density at radius 3 is 1.65 bits per heavy atom. The topological polar surface area (TPSA) is 49.7 Å². The van der Waals surface area contributed by atoms with Crippen LogP contribution >= 0.6 is 0 Å². The number of aliphatic hydroxyl groups is 2. The summed E-state index contributed by atoms with van der Waals surface area (Å²) in [5.74, 6) is 1.63. The minimum absolute atomic E-state index is 0.0721. The van der Waals surface area contributed by atoms with Gasteiger partial charge in [0.1, 0.15) is 11.5 Å². The average Bonchev–Trinajstić information content (AvgIpc) is 2.48. The predicted octanol–water partition coefficient (Wildman–Crippen LogP) is 2.84. The Morgan fingerprint density at radius 2 is 1.20 bits per heavy atom. The molecule has 0 amide bonds. The second-order valence-electron chi connectivity index (χ2n) is 5.12. The number of rotatable bonds is 4. The molecule has 2 aromatic carbocycles. The van der Waals surface area contributed by atoms with Crippen molar-refractivity contribution in [1.29, 1.82) is 0 Å². The summed E-state index contributed by atoms with van der Waals surface area (Å²) < 4.78 is 5.96. The molecule has 1 heterocycles. The highest BCUT2D eigenvalue weighted by molar-refractivity contribution is 5.57. The summed E-state index contributed by atoms with van der Waals surface area (Å²) in [6, 6.07) is 15.8. The highest BCUT2D eigenvalue weighted by Gasteiger charge is 2.40. The summed E-state index contributed by atoms with van der Waals surface area (Å²) in [4.78, 5) is 0. The van der Waals surface area contributed by atoms with Gasteiger partial charge >= 0.3 is 0 Å². The Kier molecular flexibility index (Phi) is 3.47. The number of fused-ring (bicyclic) bond motifs is 2. The van der Waals surface area contributed by atoms with Crippen LogP contribution in [-0.2, 0) is 5.41 Å². The molecule has 3 rings (SSSR count). The van der Waals surface area contributed by atoms with E-state index in [0.29, 0.717) is 12.8 Å². The molecule has 0 unspecified atom stereocenters. The monoisotopic (exact) mass is 270 g/mol. The SMILES string of the molecule is OCCC1(CCO)c2ccccc2Oc2ccccc21. The molecule has 0 saturated heterocycles. The first kappa shape index (κ1) is 13.2. The molecule has 0 aromatic heterocycles. The van der Waals surface area contributed by atoms with Crippen LogP contribution in [0.2, 0.25) is 0 Å². The van der Waals surface area contributed by atoms with Crippen molar-refractivity contribution in [3.8, 4) is 11.5 Å². The van der Waals surface area contributed by atoms with Gasteiger partial charge in [0.2, 0.25) is 0 Å². The van der Waals surface area contributed by atoms with Gasteiger partial charge in [0.05, 0.1) is 0 Å². The maximum atomic E-state index is 9.54. The van der Waals surface area contributed by atoms with Crippen molar-refractivity contribution in [3.63, 3.8) is 0 Å². The Morgan fingerprint density at radius 1 is 0.750 bits per heavy atom. The van der Waals surface area contributed by atoms with Gasteiger partial charge in [-0.2, -0.15) is 0 Å². The van der Waals surface area contributed by atoms with Crippen LogP contribution in [0.4, 0.5) is 0 Å². The molecule has 0 spiro atoms. The van der Waals surface area contributed by atoms with Gasteiger partial charge in [-0.1, -0.05) is 36.4 Å². The molecule has 3 nitrogen and oxygen atoms in total. The lowest BCUT2D eigenvalue weighted by Crippen LogP contribution is -2.33. The molecule has 2 aromatic rings. The van der Waals surface area contributed by atoms with E-state index in [1.807, 2.05) is 48.5 Å². The smallest absolute Gasteiger partial charge is 0.131 e. The Labute approximate surface area is 118 Å². The van der Waals surface area contributed by atoms with Gasteiger partial charge in [0, 0.05) is 29.8 Å². The Hall–Kier alpha value is -1.84. The van der Waals surface area contributed by atoms with E-state index in [-0.39, 0.29) is 18.6 Å². The molecule has 0 radical (unpaired) electrons. The first-order chi connectivity index (χ1) is 9.81. The van der Waals surface area contributed by atoms with Crippen molar-refractivity contribution in [1.82, 2.24) is 0 Å². The fraction of sp³-hybridized carbons (Fsp3) is 0.294. The molecule has 0 fully saturated rings. The largest absolute Gasteiger partial charge is 0.457 e. The number of aliphatic hydroxyl groups excluding tert-OH is 2. The standard InChI is InChI=1S/C17H18O3/c18-11-9-17(10-12-19)13-5-1-3-7-15(13)20-16-8-4-2-6-14(16)17/h1-8,18-19H,9-12H2. The van der Waals surface area contributed by atoms with E-state index in [1.165, 1.54) is 0 Å². The van der Waals surface area contributed by atoms with Gasteiger partial charge in [0.15, 0.2) is 0 Å². The molecule has 0 saturated carbocycles. The highest BCUT2D eigenvalue weighted by Crippen LogP contribution is 2.51. The first-order valence-electron chi connectivity index (χ1n) is 6.90. The van der Waals surface area contributed by atoms with Crippen LogP contribution < -0.4 is 4.74 Å². The van der Waals surface area contributed by atoms with Crippen molar-refractivity contribution in [2.75, 3.05) is 13.2 Å². The van der Waals surface area contributed by atoms with Gasteiger partial charge in [-0.05, 0) is 25.0 Å². The predicted molar refractivity (Wildman–Crippen MR) is 77.1 cm³/mol. The highest BCUT2D eigenvalue weighted by atomic mass is 16.5. The van der Waals surface area contributed by atoms with Crippen molar-refractivity contribution >= 4 is 0 Å². The number of ether oxygens (including phenoxy) is 1.